The van der Waals surface area contributed by atoms with E-state index in [-0.39, 0.29) is 6.54 Å². The number of hydrogen-bond acceptors (Lipinski definition) is 6. The van der Waals surface area contributed by atoms with Crippen LogP contribution in [0.25, 0.3) is 0 Å². The van der Waals surface area contributed by atoms with Gasteiger partial charge in [0, 0.05) is 25.7 Å². The molecule has 2 aromatic heterocycles. The third-order valence-electron chi connectivity index (χ3n) is 4.21. The molecule has 0 bridgehead atoms. The number of rotatable bonds is 6. The Kier molecular flexibility index (Phi) is 5.26. The maximum Gasteiger partial charge on any atom is 0.209 e. The molecule has 9 heteroatoms. The first-order chi connectivity index (χ1) is 11.8. The van der Waals surface area contributed by atoms with Gasteiger partial charge in [0.1, 0.15) is 0 Å². The first-order valence-corrected chi connectivity index (χ1v) is 10.4. The van der Waals surface area contributed by atoms with Gasteiger partial charge in [-0.1, -0.05) is 19.0 Å². The molecule has 8 nitrogen and oxygen atoms in total. The third-order valence-corrected chi connectivity index (χ3v) is 4.88. The Morgan fingerprint density at radius 2 is 2.12 bits per heavy atom. The van der Waals surface area contributed by atoms with Crippen LogP contribution in [-0.4, -0.2) is 41.1 Å². The van der Waals surface area contributed by atoms with Crippen LogP contribution in [0.3, 0.4) is 0 Å². The van der Waals surface area contributed by atoms with Crippen molar-refractivity contribution in [3.05, 3.63) is 35.0 Å². The van der Waals surface area contributed by atoms with E-state index in [1.165, 1.54) is 0 Å². The monoisotopic (exact) mass is 367 g/mol. The molecule has 0 spiro atoms. The van der Waals surface area contributed by atoms with Crippen LogP contribution in [-0.2, 0) is 36.2 Å². The van der Waals surface area contributed by atoms with Gasteiger partial charge >= 0.3 is 0 Å². The molecule has 0 fully saturated rings. The zero-order valence-corrected chi connectivity index (χ0v) is 15.7. The van der Waals surface area contributed by atoms with E-state index in [2.05, 4.69) is 33.7 Å². The summed E-state index contributed by atoms with van der Waals surface area (Å²) in [5, 5.41) is 8.63. The molecule has 3 rings (SSSR count). The molecule has 0 aliphatic carbocycles. The average molecular weight is 367 g/mol. The van der Waals surface area contributed by atoms with E-state index >= 15 is 0 Å². The molecule has 3 heterocycles. The molecule has 0 radical (unpaired) electrons. The van der Waals surface area contributed by atoms with Crippen molar-refractivity contribution in [2.24, 2.45) is 0 Å². The van der Waals surface area contributed by atoms with Gasteiger partial charge in [0.25, 0.3) is 0 Å². The molecule has 0 amide bonds. The Bertz CT molecular complexity index is 825. The molecule has 0 atom stereocenters. The van der Waals surface area contributed by atoms with Crippen LogP contribution >= 0.6 is 0 Å². The second kappa shape index (κ2) is 7.27. The molecule has 1 aliphatic rings. The molecule has 25 heavy (non-hydrogen) atoms. The van der Waals surface area contributed by atoms with Crippen molar-refractivity contribution in [2.75, 3.05) is 12.8 Å². The molecule has 0 saturated heterocycles. The van der Waals surface area contributed by atoms with Gasteiger partial charge < -0.3 is 4.52 Å². The second-order valence-corrected chi connectivity index (χ2v) is 8.71. The number of aryl methyl sites for hydroxylation is 1. The zero-order valence-electron chi connectivity index (χ0n) is 14.9. The molecular formula is C16H25N5O3S. The third kappa shape index (κ3) is 4.90. The van der Waals surface area contributed by atoms with Gasteiger partial charge in [-0.15, -0.1) is 0 Å². The molecular weight excluding hydrogens is 342 g/mol. The topological polar surface area (TPSA) is 93.3 Å². The second-order valence-electron chi connectivity index (χ2n) is 6.88. The highest BCUT2D eigenvalue weighted by molar-refractivity contribution is 7.88. The van der Waals surface area contributed by atoms with Crippen LogP contribution in [0.2, 0.25) is 0 Å². The molecule has 0 unspecified atom stereocenters. The fourth-order valence-electron chi connectivity index (χ4n) is 2.91. The Balaban J connectivity index is 1.66. The highest BCUT2D eigenvalue weighted by Gasteiger charge is 2.19. The van der Waals surface area contributed by atoms with E-state index < -0.39 is 10.0 Å². The molecule has 0 saturated carbocycles. The molecule has 0 aromatic carbocycles. The highest BCUT2D eigenvalue weighted by Crippen LogP contribution is 2.19. The fraction of sp³-hybridized carbons (Fsp3) is 0.625. The maximum absolute atomic E-state index is 11.2. The van der Waals surface area contributed by atoms with Crippen molar-refractivity contribution < 1.29 is 12.9 Å². The van der Waals surface area contributed by atoms with E-state index in [0.717, 1.165) is 55.2 Å². The summed E-state index contributed by atoms with van der Waals surface area (Å²) < 4.78 is 32.4. The lowest BCUT2D eigenvalue weighted by molar-refractivity contribution is 0.226. The first-order valence-electron chi connectivity index (χ1n) is 8.48. The number of nitrogens with one attached hydrogen (secondary N) is 1. The fourth-order valence-corrected chi connectivity index (χ4v) is 3.32. The van der Waals surface area contributed by atoms with Gasteiger partial charge in [0.2, 0.25) is 10.0 Å². The number of hydrogen-bond donors (Lipinski definition) is 1. The van der Waals surface area contributed by atoms with Gasteiger partial charge in [0.15, 0.2) is 5.76 Å². The van der Waals surface area contributed by atoms with Gasteiger partial charge in [-0.25, -0.2) is 13.1 Å². The lowest BCUT2D eigenvalue weighted by Gasteiger charge is -2.17. The summed E-state index contributed by atoms with van der Waals surface area (Å²) in [4.78, 5) is 2.30. The van der Waals surface area contributed by atoms with E-state index in [4.69, 9.17) is 4.52 Å². The van der Waals surface area contributed by atoms with E-state index in [0.29, 0.717) is 12.5 Å². The smallest absolute Gasteiger partial charge is 0.209 e. The van der Waals surface area contributed by atoms with Gasteiger partial charge in [-0.2, -0.15) is 5.10 Å². The highest BCUT2D eigenvalue weighted by atomic mass is 32.2. The van der Waals surface area contributed by atoms with Crippen LogP contribution in [0.5, 0.6) is 0 Å². The lowest BCUT2D eigenvalue weighted by Crippen LogP contribution is -2.22. The van der Waals surface area contributed by atoms with E-state index in [1.54, 1.807) is 0 Å². The van der Waals surface area contributed by atoms with E-state index in [9.17, 15) is 8.42 Å². The molecule has 1 aliphatic heterocycles. The summed E-state index contributed by atoms with van der Waals surface area (Å²) in [6.07, 6.45) is 2.14. The van der Waals surface area contributed by atoms with Crippen LogP contribution in [0.1, 0.15) is 49.0 Å². The largest absolute Gasteiger partial charge is 0.360 e. The van der Waals surface area contributed by atoms with Crippen molar-refractivity contribution >= 4 is 10.0 Å². The normalized spacial score (nSPS) is 16.2. The Morgan fingerprint density at radius 1 is 1.32 bits per heavy atom. The minimum absolute atomic E-state index is 0.221. The predicted molar refractivity (Wildman–Crippen MR) is 93.2 cm³/mol. The zero-order chi connectivity index (χ0) is 18.0. The quantitative estimate of drug-likeness (QED) is 0.831. The van der Waals surface area contributed by atoms with Gasteiger partial charge in [-0.05, 0) is 18.4 Å². The van der Waals surface area contributed by atoms with Crippen molar-refractivity contribution in [2.45, 2.75) is 52.4 Å². The Labute approximate surface area is 148 Å². The summed E-state index contributed by atoms with van der Waals surface area (Å²) in [5.74, 6) is 1.23. The van der Waals surface area contributed by atoms with Crippen molar-refractivity contribution in [3.8, 4) is 0 Å². The van der Waals surface area contributed by atoms with Crippen LogP contribution in [0.4, 0.5) is 0 Å². The van der Waals surface area contributed by atoms with Crippen LogP contribution in [0, 0.1) is 0 Å². The number of fused-ring (bicyclic) bond motifs is 1. The Morgan fingerprint density at radius 3 is 2.80 bits per heavy atom. The summed E-state index contributed by atoms with van der Waals surface area (Å²) in [7, 11) is -3.22. The van der Waals surface area contributed by atoms with Crippen molar-refractivity contribution in [1.29, 1.82) is 0 Å². The summed E-state index contributed by atoms with van der Waals surface area (Å²) >= 11 is 0. The number of aromatic nitrogens is 3. The van der Waals surface area contributed by atoms with E-state index in [1.807, 2.05) is 16.8 Å². The molecule has 2 aromatic rings. The lowest BCUT2D eigenvalue weighted by atomic mass is 10.1. The van der Waals surface area contributed by atoms with Crippen molar-refractivity contribution in [3.63, 3.8) is 0 Å². The van der Waals surface area contributed by atoms with Crippen LogP contribution < -0.4 is 4.72 Å². The minimum atomic E-state index is -3.22. The number of nitrogens with zero attached hydrogens (tertiary/aromatic N) is 4. The average Bonchev–Trinajstić information content (AvgIpc) is 3.08. The summed E-state index contributed by atoms with van der Waals surface area (Å²) in [5.41, 5.74) is 2.81. The number of sulfonamides is 1. The summed E-state index contributed by atoms with van der Waals surface area (Å²) in [6, 6.07) is 3.99. The van der Waals surface area contributed by atoms with Gasteiger partial charge in [-0.3, -0.25) is 9.58 Å². The molecule has 138 valence electrons. The maximum atomic E-state index is 11.2. The standard InChI is InChI=1S/C16H25N5O3S/c1-12(2)16-8-15(24-19-16)11-20-5-4-6-21-14(10-20)7-13(18-21)9-17-25(3,22)23/h7-8,12,17H,4-6,9-11H2,1-3H3. The van der Waals surface area contributed by atoms with Crippen molar-refractivity contribution in [1.82, 2.24) is 24.6 Å². The Hall–Kier alpha value is -1.71. The first kappa shape index (κ1) is 18.1. The van der Waals surface area contributed by atoms with Gasteiger partial charge in [0.05, 0.1) is 36.4 Å². The SMILES string of the molecule is CC(C)c1cc(CN2CCCn3nc(CNS(C)(=O)=O)cc3C2)on1. The summed E-state index contributed by atoms with van der Waals surface area (Å²) in [6.45, 7) is 7.66. The molecule has 1 N–H and O–H groups in total. The van der Waals surface area contributed by atoms with Crippen LogP contribution in [0.15, 0.2) is 16.7 Å². The minimum Gasteiger partial charge on any atom is -0.360 e. The predicted octanol–water partition coefficient (Wildman–Crippen LogP) is 1.45.